The number of aromatic nitrogens is 1. The molecule has 0 saturated carbocycles. The first-order chi connectivity index (χ1) is 16.1. The van der Waals surface area contributed by atoms with Crippen molar-refractivity contribution >= 4 is 40.2 Å². The van der Waals surface area contributed by atoms with Crippen LogP contribution in [-0.4, -0.2) is 16.8 Å². The standard InChI is InChI=1S/C25H23N5O2S/c26-21-8-4-5-9-22(21)30-23(31)18-12-10-17(11-13-18)14-28-24(32)25-29-16-20(33-25)15-27-19-6-2-1-3-7-19/h1-13,16,27H,14-15,26H2,(H,28,32)(H,30,31). The van der Waals surface area contributed by atoms with E-state index in [1.807, 2.05) is 42.5 Å². The van der Waals surface area contributed by atoms with Crippen LogP contribution in [0.5, 0.6) is 0 Å². The van der Waals surface area contributed by atoms with Gasteiger partial charge < -0.3 is 21.7 Å². The van der Waals surface area contributed by atoms with Crippen LogP contribution in [-0.2, 0) is 13.1 Å². The summed E-state index contributed by atoms with van der Waals surface area (Å²) in [5, 5.41) is 9.38. The zero-order valence-electron chi connectivity index (χ0n) is 17.7. The molecule has 8 heteroatoms. The van der Waals surface area contributed by atoms with E-state index >= 15 is 0 Å². The Morgan fingerprint density at radius 2 is 1.58 bits per heavy atom. The molecule has 1 heterocycles. The van der Waals surface area contributed by atoms with Gasteiger partial charge >= 0.3 is 0 Å². The summed E-state index contributed by atoms with van der Waals surface area (Å²) in [7, 11) is 0. The summed E-state index contributed by atoms with van der Waals surface area (Å²) < 4.78 is 0. The summed E-state index contributed by atoms with van der Waals surface area (Å²) in [5.74, 6) is -0.477. The number of amides is 2. The van der Waals surface area contributed by atoms with Crippen molar-refractivity contribution < 1.29 is 9.59 Å². The summed E-state index contributed by atoms with van der Waals surface area (Å²) in [5.41, 5.74) is 9.34. The predicted octanol–water partition coefficient (Wildman–Crippen LogP) is 4.52. The van der Waals surface area contributed by atoms with E-state index in [0.29, 0.717) is 35.0 Å². The van der Waals surface area contributed by atoms with E-state index in [4.69, 9.17) is 5.73 Å². The number of rotatable bonds is 8. The molecule has 0 saturated heterocycles. The minimum atomic E-state index is -0.247. The van der Waals surface area contributed by atoms with E-state index in [-0.39, 0.29) is 11.8 Å². The van der Waals surface area contributed by atoms with E-state index in [1.54, 1.807) is 42.6 Å². The summed E-state index contributed by atoms with van der Waals surface area (Å²) >= 11 is 1.35. The fourth-order valence-electron chi connectivity index (χ4n) is 3.08. The quantitative estimate of drug-likeness (QED) is 0.291. The molecule has 0 unspecified atom stereocenters. The second-order valence-corrected chi connectivity index (χ2v) is 8.39. The number of nitrogens with one attached hydrogen (secondary N) is 3. The van der Waals surface area contributed by atoms with Crippen molar-refractivity contribution in [3.8, 4) is 0 Å². The molecule has 3 aromatic carbocycles. The largest absolute Gasteiger partial charge is 0.397 e. The van der Waals surface area contributed by atoms with Crippen molar-refractivity contribution in [2.24, 2.45) is 0 Å². The molecule has 1 aromatic heterocycles. The van der Waals surface area contributed by atoms with Crippen molar-refractivity contribution in [2.75, 3.05) is 16.4 Å². The topological polar surface area (TPSA) is 109 Å². The van der Waals surface area contributed by atoms with Gasteiger partial charge in [-0.05, 0) is 42.0 Å². The summed E-state index contributed by atoms with van der Waals surface area (Å²) in [6.45, 7) is 0.941. The first-order valence-electron chi connectivity index (χ1n) is 10.3. The molecule has 0 aliphatic rings. The van der Waals surface area contributed by atoms with Gasteiger partial charge in [0.2, 0.25) is 0 Å². The lowest BCUT2D eigenvalue weighted by atomic mass is 10.1. The number of anilines is 3. The molecular weight excluding hydrogens is 434 g/mol. The van der Waals surface area contributed by atoms with Gasteiger partial charge in [-0.25, -0.2) is 4.98 Å². The van der Waals surface area contributed by atoms with Gasteiger partial charge in [0.1, 0.15) is 0 Å². The molecule has 5 N–H and O–H groups in total. The Hall–Kier alpha value is -4.17. The van der Waals surface area contributed by atoms with E-state index < -0.39 is 0 Å². The Morgan fingerprint density at radius 1 is 0.848 bits per heavy atom. The molecule has 4 rings (SSSR count). The van der Waals surface area contributed by atoms with Crippen molar-refractivity contribution in [3.05, 3.63) is 106 Å². The van der Waals surface area contributed by atoms with Gasteiger partial charge in [-0.1, -0.05) is 42.5 Å². The number of para-hydroxylation sites is 3. The maximum Gasteiger partial charge on any atom is 0.280 e. The molecule has 4 aromatic rings. The second kappa shape index (κ2) is 10.4. The Morgan fingerprint density at radius 3 is 2.33 bits per heavy atom. The predicted molar refractivity (Wildman–Crippen MR) is 132 cm³/mol. The average molecular weight is 458 g/mol. The zero-order chi connectivity index (χ0) is 23.0. The van der Waals surface area contributed by atoms with E-state index in [0.717, 1.165) is 16.1 Å². The monoisotopic (exact) mass is 457 g/mol. The molecule has 7 nitrogen and oxygen atoms in total. The smallest absolute Gasteiger partial charge is 0.280 e. The average Bonchev–Trinajstić information content (AvgIpc) is 3.33. The highest BCUT2D eigenvalue weighted by Crippen LogP contribution is 2.18. The van der Waals surface area contributed by atoms with Crippen LogP contribution >= 0.6 is 11.3 Å². The van der Waals surface area contributed by atoms with E-state index in [9.17, 15) is 9.59 Å². The van der Waals surface area contributed by atoms with Crippen LogP contribution in [0, 0.1) is 0 Å². The number of hydrogen-bond donors (Lipinski definition) is 4. The molecule has 0 spiro atoms. The van der Waals surface area contributed by atoms with Gasteiger partial charge in [0.15, 0.2) is 5.01 Å². The lowest BCUT2D eigenvalue weighted by Crippen LogP contribution is -2.22. The van der Waals surface area contributed by atoms with Crippen molar-refractivity contribution in [1.82, 2.24) is 10.3 Å². The van der Waals surface area contributed by atoms with Crippen LogP contribution in [0.25, 0.3) is 0 Å². The Bertz CT molecular complexity index is 1240. The molecule has 0 bridgehead atoms. The Balaban J connectivity index is 1.27. The van der Waals surface area contributed by atoms with Gasteiger partial charge in [-0.3, -0.25) is 9.59 Å². The van der Waals surface area contributed by atoms with Gasteiger partial charge in [0, 0.05) is 28.9 Å². The SMILES string of the molecule is Nc1ccccc1NC(=O)c1ccc(CNC(=O)c2ncc(CNc3ccccc3)s2)cc1. The Labute approximate surface area is 195 Å². The third kappa shape index (κ3) is 5.96. The minimum absolute atomic E-state index is 0.229. The number of carbonyl (C=O) groups excluding carboxylic acids is 2. The highest BCUT2D eigenvalue weighted by Gasteiger charge is 2.12. The van der Waals surface area contributed by atoms with Gasteiger partial charge in [0.05, 0.1) is 17.9 Å². The number of thiazole rings is 1. The van der Waals surface area contributed by atoms with Crippen LogP contribution in [0.1, 0.15) is 30.6 Å². The minimum Gasteiger partial charge on any atom is -0.397 e. The number of benzene rings is 3. The number of nitrogens with zero attached hydrogens (tertiary/aromatic N) is 1. The summed E-state index contributed by atoms with van der Waals surface area (Å²) in [6.07, 6.45) is 1.71. The molecular formula is C25H23N5O2S. The fraction of sp³-hybridized carbons (Fsp3) is 0.0800. The van der Waals surface area contributed by atoms with E-state index in [2.05, 4.69) is 20.9 Å². The molecule has 0 radical (unpaired) electrons. The molecule has 0 atom stereocenters. The molecule has 0 aliphatic carbocycles. The van der Waals surface area contributed by atoms with Crippen LogP contribution in [0.15, 0.2) is 85.1 Å². The first-order valence-corrected chi connectivity index (χ1v) is 11.2. The molecule has 166 valence electrons. The van der Waals surface area contributed by atoms with Crippen molar-refractivity contribution in [3.63, 3.8) is 0 Å². The fourth-order valence-corrected chi connectivity index (χ4v) is 3.85. The third-order valence-corrected chi connectivity index (χ3v) is 5.86. The zero-order valence-corrected chi connectivity index (χ0v) is 18.6. The molecule has 2 amide bonds. The van der Waals surface area contributed by atoms with Crippen molar-refractivity contribution in [1.29, 1.82) is 0 Å². The van der Waals surface area contributed by atoms with Gasteiger partial charge in [-0.15, -0.1) is 11.3 Å². The molecule has 33 heavy (non-hydrogen) atoms. The highest BCUT2D eigenvalue weighted by atomic mass is 32.1. The molecule has 0 fully saturated rings. The lowest BCUT2D eigenvalue weighted by Gasteiger charge is -2.09. The van der Waals surface area contributed by atoms with Crippen molar-refractivity contribution in [2.45, 2.75) is 13.1 Å². The first kappa shape index (κ1) is 22.0. The second-order valence-electron chi connectivity index (χ2n) is 7.27. The van der Waals surface area contributed by atoms with Crippen LogP contribution in [0.4, 0.5) is 17.1 Å². The maximum absolute atomic E-state index is 12.5. The maximum atomic E-state index is 12.5. The van der Waals surface area contributed by atoms with E-state index in [1.165, 1.54) is 11.3 Å². The summed E-state index contributed by atoms with van der Waals surface area (Å²) in [6, 6.07) is 24.0. The molecule has 0 aliphatic heterocycles. The van der Waals surface area contributed by atoms with Crippen LogP contribution < -0.4 is 21.7 Å². The van der Waals surface area contributed by atoms with Gasteiger partial charge in [-0.2, -0.15) is 0 Å². The number of carbonyl (C=O) groups is 2. The number of hydrogen-bond acceptors (Lipinski definition) is 6. The highest BCUT2D eigenvalue weighted by molar-refractivity contribution is 7.13. The van der Waals surface area contributed by atoms with Crippen LogP contribution in [0.2, 0.25) is 0 Å². The number of nitrogen functional groups attached to an aromatic ring is 1. The normalized spacial score (nSPS) is 10.4. The summed E-state index contributed by atoms with van der Waals surface area (Å²) in [4.78, 5) is 30.1. The van der Waals surface area contributed by atoms with Crippen LogP contribution in [0.3, 0.4) is 0 Å². The lowest BCUT2D eigenvalue weighted by molar-refractivity contribution is 0.0949. The van der Waals surface area contributed by atoms with Gasteiger partial charge in [0.25, 0.3) is 11.8 Å². The third-order valence-electron chi connectivity index (χ3n) is 4.87. The Kier molecular flexibility index (Phi) is 6.96. The number of nitrogens with two attached hydrogens (primary N) is 1.